The van der Waals surface area contributed by atoms with E-state index >= 15 is 0 Å². The number of nitrogens with one attached hydrogen (secondary N) is 2. The van der Waals surface area contributed by atoms with Gasteiger partial charge in [-0.15, -0.1) is 0 Å². The number of anilines is 1. The van der Waals surface area contributed by atoms with Gasteiger partial charge >= 0.3 is 0 Å². The van der Waals surface area contributed by atoms with E-state index in [4.69, 9.17) is 0 Å². The lowest BCUT2D eigenvalue weighted by Gasteiger charge is -2.11. The first-order valence-corrected chi connectivity index (χ1v) is 6.55. The summed E-state index contributed by atoms with van der Waals surface area (Å²) in [5.74, 6) is 1.14. The molecule has 0 aliphatic heterocycles. The summed E-state index contributed by atoms with van der Waals surface area (Å²) in [6, 6.07) is 1.69. The first-order valence-electron chi connectivity index (χ1n) is 6.55. The minimum absolute atomic E-state index is 0.160. The number of aromatic nitrogens is 2. The maximum absolute atomic E-state index is 12.0. The number of hydrogen-bond acceptors (Lipinski definition) is 5. The van der Waals surface area contributed by atoms with E-state index in [-0.39, 0.29) is 5.91 Å². The van der Waals surface area contributed by atoms with Gasteiger partial charge in [0, 0.05) is 25.7 Å². The van der Waals surface area contributed by atoms with Crippen molar-refractivity contribution < 1.29 is 4.79 Å². The highest BCUT2D eigenvalue weighted by Gasteiger charge is 2.09. The third kappa shape index (κ3) is 5.65. The largest absolute Gasteiger partial charge is 0.370 e. The van der Waals surface area contributed by atoms with Crippen molar-refractivity contribution in [2.45, 2.75) is 20.3 Å². The summed E-state index contributed by atoms with van der Waals surface area (Å²) < 4.78 is 0. The fourth-order valence-electron chi connectivity index (χ4n) is 1.51. The SMILES string of the molecule is CCCNc1cc(C(=O)NCCN(C)C)nc(C)n1. The molecule has 106 valence electrons. The van der Waals surface area contributed by atoms with Crippen LogP contribution in [0, 0.1) is 6.92 Å². The van der Waals surface area contributed by atoms with Crippen LogP contribution in [-0.2, 0) is 0 Å². The molecule has 0 aliphatic rings. The number of carbonyl (C=O) groups excluding carboxylic acids is 1. The molecule has 0 saturated heterocycles. The Morgan fingerprint density at radius 1 is 1.32 bits per heavy atom. The summed E-state index contributed by atoms with van der Waals surface area (Å²) in [6.45, 7) is 6.10. The second-order valence-electron chi connectivity index (χ2n) is 4.67. The average molecular weight is 265 g/mol. The number of aryl methyl sites for hydroxylation is 1. The zero-order valence-corrected chi connectivity index (χ0v) is 12.2. The first kappa shape index (κ1) is 15.4. The Labute approximate surface area is 114 Å². The van der Waals surface area contributed by atoms with Crippen molar-refractivity contribution in [2.75, 3.05) is 39.0 Å². The summed E-state index contributed by atoms with van der Waals surface area (Å²) in [5.41, 5.74) is 0.407. The van der Waals surface area contributed by atoms with E-state index in [9.17, 15) is 4.79 Å². The molecule has 0 unspecified atom stereocenters. The van der Waals surface area contributed by atoms with E-state index in [1.807, 2.05) is 19.0 Å². The van der Waals surface area contributed by atoms with E-state index in [1.165, 1.54) is 0 Å². The van der Waals surface area contributed by atoms with Crippen LogP contribution in [-0.4, -0.2) is 54.5 Å². The van der Waals surface area contributed by atoms with Crippen molar-refractivity contribution >= 4 is 11.7 Å². The van der Waals surface area contributed by atoms with Gasteiger partial charge in [-0.25, -0.2) is 9.97 Å². The van der Waals surface area contributed by atoms with Crippen LogP contribution in [0.4, 0.5) is 5.82 Å². The number of nitrogens with zero attached hydrogens (tertiary/aromatic N) is 3. The van der Waals surface area contributed by atoms with Crippen LogP contribution >= 0.6 is 0 Å². The van der Waals surface area contributed by atoms with Gasteiger partial charge in [0.15, 0.2) is 0 Å². The molecule has 0 radical (unpaired) electrons. The van der Waals surface area contributed by atoms with E-state index in [2.05, 4.69) is 27.5 Å². The third-order valence-electron chi connectivity index (χ3n) is 2.47. The first-order chi connectivity index (χ1) is 9.02. The van der Waals surface area contributed by atoms with E-state index in [0.717, 1.165) is 19.5 Å². The van der Waals surface area contributed by atoms with Crippen LogP contribution in [0.15, 0.2) is 6.07 Å². The molecule has 0 atom stereocenters. The smallest absolute Gasteiger partial charge is 0.270 e. The van der Waals surface area contributed by atoms with Gasteiger partial charge in [0.05, 0.1) is 0 Å². The molecule has 1 amide bonds. The molecule has 2 N–H and O–H groups in total. The summed E-state index contributed by atoms with van der Waals surface area (Å²) in [5, 5.41) is 6.01. The highest BCUT2D eigenvalue weighted by molar-refractivity contribution is 5.92. The molecule has 0 spiro atoms. The summed E-state index contributed by atoms with van der Waals surface area (Å²) >= 11 is 0. The standard InChI is InChI=1S/C13H23N5O/c1-5-6-14-12-9-11(16-10(2)17-12)13(19)15-7-8-18(3)4/h9H,5-8H2,1-4H3,(H,15,19)(H,14,16,17). The number of amides is 1. The molecule has 19 heavy (non-hydrogen) atoms. The van der Waals surface area contributed by atoms with Crippen LogP contribution in [0.1, 0.15) is 29.7 Å². The molecular formula is C13H23N5O. The maximum atomic E-state index is 12.0. The molecule has 0 bridgehead atoms. The highest BCUT2D eigenvalue weighted by Crippen LogP contribution is 2.06. The van der Waals surface area contributed by atoms with Crippen LogP contribution in [0.25, 0.3) is 0 Å². The van der Waals surface area contributed by atoms with Crippen molar-refractivity contribution in [3.05, 3.63) is 17.6 Å². The normalized spacial score (nSPS) is 10.6. The number of rotatable bonds is 7. The lowest BCUT2D eigenvalue weighted by molar-refractivity contribution is 0.0945. The van der Waals surface area contributed by atoms with E-state index in [0.29, 0.717) is 23.9 Å². The van der Waals surface area contributed by atoms with Crippen molar-refractivity contribution in [1.29, 1.82) is 0 Å². The minimum Gasteiger partial charge on any atom is -0.370 e. The zero-order valence-electron chi connectivity index (χ0n) is 12.2. The highest BCUT2D eigenvalue weighted by atomic mass is 16.1. The predicted molar refractivity (Wildman–Crippen MR) is 76.4 cm³/mol. The van der Waals surface area contributed by atoms with Crippen molar-refractivity contribution in [3.63, 3.8) is 0 Å². The van der Waals surface area contributed by atoms with Gasteiger partial charge in [-0.3, -0.25) is 4.79 Å². The molecule has 1 rings (SSSR count). The lowest BCUT2D eigenvalue weighted by Crippen LogP contribution is -2.32. The van der Waals surface area contributed by atoms with Gasteiger partial charge in [-0.2, -0.15) is 0 Å². The summed E-state index contributed by atoms with van der Waals surface area (Å²) in [4.78, 5) is 22.4. The second-order valence-corrected chi connectivity index (χ2v) is 4.67. The van der Waals surface area contributed by atoms with Gasteiger partial charge in [-0.1, -0.05) is 6.92 Å². The van der Waals surface area contributed by atoms with Gasteiger partial charge < -0.3 is 15.5 Å². The molecule has 0 aromatic carbocycles. The Balaban J connectivity index is 2.65. The lowest BCUT2D eigenvalue weighted by atomic mass is 10.3. The van der Waals surface area contributed by atoms with E-state index in [1.54, 1.807) is 13.0 Å². The van der Waals surface area contributed by atoms with Crippen LogP contribution in [0.2, 0.25) is 0 Å². The molecule has 0 saturated carbocycles. The Morgan fingerprint density at radius 3 is 2.68 bits per heavy atom. The molecule has 1 aromatic rings. The number of hydrogen-bond donors (Lipinski definition) is 2. The molecule has 0 fully saturated rings. The fraction of sp³-hybridized carbons (Fsp3) is 0.615. The van der Waals surface area contributed by atoms with Crippen molar-refractivity contribution in [1.82, 2.24) is 20.2 Å². The van der Waals surface area contributed by atoms with E-state index < -0.39 is 0 Å². The van der Waals surface area contributed by atoms with Crippen molar-refractivity contribution in [2.24, 2.45) is 0 Å². The minimum atomic E-state index is -0.160. The molecule has 6 nitrogen and oxygen atoms in total. The summed E-state index contributed by atoms with van der Waals surface area (Å²) in [7, 11) is 3.93. The van der Waals surface area contributed by atoms with Crippen molar-refractivity contribution in [3.8, 4) is 0 Å². The zero-order chi connectivity index (χ0) is 14.3. The Kier molecular flexibility index (Phi) is 6.21. The molecule has 0 aliphatic carbocycles. The fourth-order valence-corrected chi connectivity index (χ4v) is 1.51. The Morgan fingerprint density at radius 2 is 2.05 bits per heavy atom. The van der Waals surface area contributed by atoms with Crippen LogP contribution < -0.4 is 10.6 Å². The molecule has 1 heterocycles. The van der Waals surface area contributed by atoms with Crippen LogP contribution in [0.5, 0.6) is 0 Å². The summed E-state index contributed by atoms with van der Waals surface area (Å²) in [6.07, 6.45) is 1.01. The quantitative estimate of drug-likeness (QED) is 0.766. The topological polar surface area (TPSA) is 70.2 Å². The average Bonchev–Trinajstić information content (AvgIpc) is 2.35. The third-order valence-corrected chi connectivity index (χ3v) is 2.47. The maximum Gasteiger partial charge on any atom is 0.270 e. The van der Waals surface area contributed by atoms with Gasteiger partial charge in [0.25, 0.3) is 5.91 Å². The van der Waals surface area contributed by atoms with Gasteiger partial charge in [0.1, 0.15) is 17.3 Å². The molecule has 6 heteroatoms. The Bertz CT molecular complexity index is 419. The molecule has 1 aromatic heterocycles. The Hall–Kier alpha value is -1.69. The van der Waals surface area contributed by atoms with Gasteiger partial charge in [0.2, 0.25) is 0 Å². The van der Waals surface area contributed by atoms with Crippen LogP contribution in [0.3, 0.4) is 0 Å². The molecular weight excluding hydrogens is 242 g/mol. The predicted octanol–water partition coefficient (Wildman–Crippen LogP) is 0.898. The number of carbonyl (C=O) groups is 1. The number of likely N-dealkylation sites (N-methyl/N-ethyl adjacent to an activating group) is 1. The second kappa shape index (κ2) is 7.68. The van der Waals surface area contributed by atoms with Gasteiger partial charge in [-0.05, 0) is 27.4 Å². The monoisotopic (exact) mass is 265 g/mol.